The Hall–Kier alpha value is -0.0800. The van der Waals surface area contributed by atoms with E-state index in [9.17, 15) is 0 Å². The van der Waals surface area contributed by atoms with E-state index in [0.717, 1.165) is 36.1 Å². The van der Waals surface area contributed by atoms with Crippen LogP contribution in [0.5, 0.6) is 0 Å². The van der Waals surface area contributed by atoms with Gasteiger partial charge in [0.2, 0.25) is 0 Å². The fourth-order valence-corrected chi connectivity index (χ4v) is 4.76. The van der Waals surface area contributed by atoms with Crippen molar-refractivity contribution in [1.82, 2.24) is 5.32 Å². The molecule has 2 bridgehead atoms. The number of ether oxygens (including phenoxy) is 1. The summed E-state index contributed by atoms with van der Waals surface area (Å²) in [5.41, 5.74) is 0.00932. The molecule has 0 radical (unpaired) electrons. The van der Waals surface area contributed by atoms with Gasteiger partial charge in [0, 0.05) is 19.2 Å². The van der Waals surface area contributed by atoms with Crippen LogP contribution in [0.4, 0.5) is 0 Å². The number of fused-ring (bicyclic) bond motifs is 5. The molecule has 5 atom stereocenters. The third kappa shape index (κ3) is 2.04. The molecule has 3 aliphatic rings. The summed E-state index contributed by atoms with van der Waals surface area (Å²) in [6.07, 6.45) is 5.68. The monoisotopic (exact) mass is 237 g/mol. The second-order valence-corrected chi connectivity index (χ2v) is 7.25. The van der Waals surface area contributed by atoms with Crippen molar-refractivity contribution >= 4 is 0 Å². The van der Waals surface area contributed by atoms with Gasteiger partial charge in [-0.15, -0.1) is 0 Å². The van der Waals surface area contributed by atoms with Crippen LogP contribution in [-0.2, 0) is 4.74 Å². The maximum absolute atomic E-state index is 5.52. The Balaban J connectivity index is 1.50. The van der Waals surface area contributed by atoms with E-state index in [-0.39, 0.29) is 5.60 Å². The Labute approximate surface area is 105 Å². The van der Waals surface area contributed by atoms with Gasteiger partial charge in [0.1, 0.15) is 0 Å². The highest BCUT2D eigenvalue weighted by Crippen LogP contribution is 2.65. The van der Waals surface area contributed by atoms with Crippen molar-refractivity contribution in [2.75, 3.05) is 7.11 Å². The summed E-state index contributed by atoms with van der Waals surface area (Å²) in [5.74, 6) is 4.24. The van der Waals surface area contributed by atoms with Crippen molar-refractivity contribution in [2.24, 2.45) is 23.7 Å². The average molecular weight is 237 g/mol. The minimum atomic E-state index is 0.00932. The molecule has 5 unspecified atom stereocenters. The van der Waals surface area contributed by atoms with Crippen LogP contribution in [0.3, 0.4) is 0 Å². The largest absolute Gasteiger partial charge is 0.379 e. The molecule has 0 amide bonds. The highest BCUT2D eigenvalue weighted by atomic mass is 16.5. The van der Waals surface area contributed by atoms with Gasteiger partial charge in [0.25, 0.3) is 0 Å². The fraction of sp³-hybridized carbons (Fsp3) is 1.00. The normalized spacial score (nSPS) is 44.8. The first-order valence-corrected chi connectivity index (χ1v) is 7.33. The first kappa shape index (κ1) is 12.0. The van der Waals surface area contributed by atoms with Gasteiger partial charge >= 0.3 is 0 Å². The van der Waals surface area contributed by atoms with Gasteiger partial charge in [-0.25, -0.2) is 0 Å². The second kappa shape index (κ2) is 3.96. The van der Waals surface area contributed by atoms with E-state index < -0.39 is 0 Å². The van der Waals surface area contributed by atoms with Crippen LogP contribution in [0.25, 0.3) is 0 Å². The van der Waals surface area contributed by atoms with E-state index in [0.29, 0.717) is 6.04 Å². The van der Waals surface area contributed by atoms with Crippen LogP contribution < -0.4 is 5.32 Å². The molecule has 98 valence electrons. The Morgan fingerprint density at radius 2 is 1.82 bits per heavy atom. The highest BCUT2D eigenvalue weighted by molar-refractivity contribution is 5.17. The number of methoxy groups -OCH3 is 1. The molecule has 0 spiro atoms. The number of hydrogen-bond donors (Lipinski definition) is 1. The molecular weight excluding hydrogens is 210 g/mol. The van der Waals surface area contributed by atoms with Crippen LogP contribution in [0.15, 0.2) is 0 Å². The first-order valence-electron chi connectivity index (χ1n) is 7.33. The molecular formula is C15H27NO. The topological polar surface area (TPSA) is 21.3 Å². The minimum Gasteiger partial charge on any atom is -0.379 e. The third-order valence-electron chi connectivity index (χ3n) is 5.56. The maximum atomic E-state index is 5.52. The van der Waals surface area contributed by atoms with Gasteiger partial charge < -0.3 is 10.1 Å². The van der Waals surface area contributed by atoms with Crippen LogP contribution in [0.1, 0.15) is 46.5 Å². The SMILES string of the molecule is COC(C)(C)CC(C)NC1C2C3CCC(C3)C12. The average Bonchev–Trinajstić information content (AvgIpc) is 2.69. The lowest BCUT2D eigenvalue weighted by Crippen LogP contribution is -2.38. The molecule has 0 aromatic carbocycles. The molecule has 2 heteroatoms. The number of hydrogen-bond acceptors (Lipinski definition) is 2. The van der Waals surface area contributed by atoms with Gasteiger partial charge in [0.15, 0.2) is 0 Å². The summed E-state index contributed by atoms with van der Waals surface area (Å²) >= 11 is 0. The van der Waals surface area contributed by atoms with E-state index >= 15 is 0 Å². The van der Waals surface area contributed by atoms with Gasteiger partial charge in [-0.2, -0.15) is 0 Å². The molecule has 0 saturated heterocycles. The van der Waals surface area contributed by atoms with E-state index in [1.807, 2.05) is 7.11 Å². The fourth-order valence-electron chi connectivity index (χ4n) is 4.76. The van der Waals surface area contributed by atoms with E-state index in [4.69, 9.17) is 4.74 Å². The maximum Gasteiger partial charge on any atom is 0.0637 e. The summed E-state index contributed by atoms with van der Waals surface area (Å²) in [7, 11) is 1.82. The summed E-state index contributed by atoms with van der Waals surface area (Å²) in [4.78, 5) is 0. The molecule has 0 aliphatic heterocycles. The highest BCUT2D eigenvalue weighted by Gasteiger charge is 2.64. The quantitative estimate of drug-likeness (QED) is 0.794. The lowest BCUT2D eigenvalue weighted by molar-refractivity contribution is 0.00812. The molecule has 0 aromatic heterocycles. The van der Waals surface area contributed by atoms with E-state index in [1.54, 1.807) is 6.42 Å². The Kier molecular flexibility index (Phi) is 2.79. The standard InChI is InChI=1S/C15H27NO/c1-9(8-15(2,3)17-4)16-14-12-10-5-6-11(7-10)13(12)14/h9-14,16H,5-8H2,1-4H3. The molecule has 3 fully saturated rings. The summed E-state index contributed by atoms with van der Waals surface area (Å²) in [6.45, 7) is 6.68. The van der Waals surface area contributed by atoms with Crippen LogP contribution in [-0.4, -0.2) is 24.8 Å². The molecule has 3 rings (SSSR count). The summed E-state index contributed by atoms with van der Waals surface area (Å²) in [5, 5.41) is 3.87. The zero-order chi connectivity index (χ0) is 12.2. The zero-order valence-corrected chi connectivity index (χ0v) is 11.7. The minimum absolute atomic E-state index is 0.00932. The first-order chi connectivity index (χ1) is 8.02. The molecule has 17 heavy (non-hydrogen) atoms. The number of nitrogens with one attached hydrogen (secondary N) is 1. The Morgan fingerprint density at radius 1 is 1.24 bits per heavy atom. The summed E-state index contributed by atoms with van der Waals surface area (Å²) in [6, 6.07) is 1.43. The van der Waals surface area contributed by atoms with E-state index in [2.05, 4.69) is 26.1 Å². The smallest absolute Gasteiger partial charge is 0.0637 e. The molecule has 3 saturated carbocycles. The van der Waals surface area contributed by atoms with Crippen LogP contribution in [0.2, 0.25) is 0 Å². The van der Waals surface area contributed by atoms with Crippen molar-refractivity contribution in [3.63, 3.8) is 0 Å². The van der Waals surface area contributed by atoms with E-state index in [1.165, 1.54) is 12.8 Å². The second-order valence-electron chi connectivity index (χ2n) is 7.25. The van der Waals surface area contributed by atoms with Crippen molar-refractivity contribution < 1.29 is 4.74 Å². The molecule has 0 aromatic rings. The third-order valence-corrected chi connectivity index (χ3v) is 5.56. The van der Waals surface area contributed by atoms with Crippen molar-refractivity contribution in [2.45, 2.75) is 64.1 Å². The lowest BCUT2D eigenvalue weighted by atomic mass is 9.99. The summed E-state index contributed by atoms with van der Waals surface area (Å²) < 4.78 is 5.52. The molecule has 0 heterocycles. The molecule has 2 nitrogen and oxygen atoms in total. The number of rotatable bonds is 5. The Bertz CT molecular complexity index is 285. The Morgan fingerprint density at radius 3 is 2.35 bits per heavy atom. The predicted molar refractivity (Wildman–Crippen MR) is 69.9 cm³/mol. The van der Waals surface area contributed by atoms with Crippen LogP contribution in [0, 0.1) is 23.7 Å². The predicted octanol–water partition coefficient (Wildman–Crippen LogP) is 2.82. The molecule has 3 aliphatic carbocycles. The van der Waals surface area contributed by atoms with Crippen molar-refractivity contribution in [1.29, 1.82) is 0 Å². The van der Waals surface area contributed by atoms with Crippen molar-refractivity contribution in [3.8, 4) is 0 Å². The van der Waals surface area contributed by atoms with Gasteiger partial charge in [-0.05, 0) is 70.1 Å². The molecule has 1 N–H and O–H groups in total. The van der Waals surface area contributed by atoms with Gasteiger partial charge in [0.05, 0.1) is 5.60 Å². The van der Waals surface area contributed by atoms with Crippen LogP contribution >= 0.6 is 0 Å². The lowest BCUT2D eigenvalue weighted by Gasteiger charge is -2.28. The zero-order valence-electron chi connectivity index (χ0n) is 11.7. The van der Waals surface area contributed by atoms with Crippen molar-refractivity contribution in [3.05, 3.63) is 0 Å². The van der Waals surface area contributed by atoms with Gasteiger partial charge in [-0.3, -0.25) is 0 Å². The van der Waals surface area contributed by atoms with Gasteiger partial charge in [-0.1, -0.05) is 0 Å².